The van der Waals surface area contributed by atoms with Crippen molar-refractivity contribution in [3.8, 4) is 0 Å². The van der Waals surface area contributed by atoms with Crippen LogP contribution in [0.2, 0.25) is 0 Å². The zero-order chi connectivity index (χ0) is 15.8. The summed E-state index contributed by atoms with van der Waals surface area (Å²) in [5.41, 5.74) is 0.0609. The Balaban J connectivity index is 5.25. The van der Waals surface area contributed by atoms with E-state index in [1.807, 2.05) is 6.92 Å². The van der Waals surface area contributed by atoms with Crippen LogP contribution >= 0.6 is 0 Å². The second kappa shape index (κ2) is 8.56. The minimum Gasteiger partial charge on any atom is -0.465 e. The average Bonchev–Trinajstić information content (AvgIpc) is 2.34. The molecule has 20 heavy (non-hydrogen) atoms. The van der Waals surface area contributed by atoms with Crippen molar-refractivity contribution < 1.29 is 19.1 Å². The van der Waals surface area contributed by atoms with Crippen LogP contribution in [0.5, 0.6) is 0 Å². The van der Waals surface area contributed by atoms with E-state index in [-0.39, 0.29) is 5.97 Å². The molecule has 114 valence electrons. The molecular formula is C16H26O4. The lowest BCUT2D eigenvalue weighted by Crippen LogP contribution is -2.43. The fraction of sp³-hybridized carbons (Fsp3) is 0.625. The molecule has 0 bridgehead atoms. The van der Waals surface area contributed by atoms with Crippen LogP contribution in [0, 0.1) is 5.41 Å². The number of carbonyl (C=O) groups is 2. The van der Waals surface area contributed by atoms with Gasteiger partial charge in [0.25, 0.3) is 0 Å². The SMILES string of the molecule is C=CCC(C)(C(=O)OCC)C(CCC(=C)C)OC(C)=O. The lowest BCUT2D eigenvalue weighted by Gasteiger charge is -2.34. The van der Waals surface area contributed by atoms with Gasteiger partial charge in [0.1, 0.15) is 11.5 Å². The third kappa shape index (κ3) is 5.59. The van der Waals surface area contributed by atoms with Crippen molar-refractivity contribution in [1.82, 2.24) is 0 Å². The van der Waals surface area contributed by atoms with Crippen LogP contribution in [0.4, 0.5) is 0 Å². The van der Waals surface area contributed by atoms with Crippen molar-refractivity contribution in [1.29, 1.82) is 0 Å². The van der Waals surface area contributed by atoms with Crippen LogP contribution in [0.3, 0.4) is 0 Å². The Morgan fingerprint density at radius 3 is 2.35 bits per heavy atom. The molecule has 2 atom stereocenters. The minimum atomic E-state index is -0.918. The lowest BCUT2D eigenvalue weighted by atomic mass is 9.78. The van der Waals surface area contributed by atoms with Crippen LogP contribution < -0.4 is 0 Å². The molecule has 0 aliphatic carbocycles. The summed E-state index contributed by atoms with van der Waals surface area (Å²) < 4.78 is 10.5. The van der Waals surface area contributed by atoms with Crippen LogP contribution in [-0.2, 0) is 19.1 Å². The molecular weight excluding hydrogens is 256 g/mol. The number of hydrogen-bond donors (Lipinski definition) is 0. The van der Waals surface area contributed by atoms with Gasteiger partial charge in [0.15, 0.2) is 0 Å². The molecule has 0 fully saturated rings. The van der Waals surface area contributed by atoms with Gasteiger partial charge in [-0.05, 0) is 40.0 Å². The highest BCUT2D eigenvalue weighted by Crippen LogP contribution is 2.34. The largest absolute Gasteiger partial charge is 0.465 e. The number of ether oxygens (including phenoxy) is 2. The topological polar surface area (TPSA) is 52.6 Å². The van der Waals surface area contributed by atoms with Crippen LogP contribution in [-0.4, -0.2) is 24.6 Å². The number of carbonyl (C=O) groups excluding carboxylic acids is 2. The van der Waals surface area contributed by atoms with Crippen molar-refractivity contribution in [3.05, 3.63) is 24.8 Å². The number of hydrogen-bond acceptors (Lipinski definition) is 4. The van der Waals surface area contributed by atoms with Crippen molar-refractivity contribution in [2.45, 2.75) is 53.1 Å². The van der Waals surface area contributed by atoms with Gasteiger partial charge in [-0.2, -0.15) is 0 Å². The van der Waals surface area contributed by atoms with Gasteiger partial charge in [0.05, 0.1) is 6.61 Å². The molecule has 0 amide bonds. The van der Waals surface area contributed by atoms with Gasteiger partial charge >= 0.3 is 11.9 Å². The summed E-state index contributed by atoms with van der Waals surface area (Å²) in [5.74, 6) is -0.774. The highest BCUT2D eigenvalue weighted by atomic mass is 16.6. The van der Waals surface area contributed by atoms with Gasteiger partial charge < -0.3 is 9.47 Å². The minimum absolute atomic E-state index is 0.291. The van der Waals surface area contributed by atoms with E-state index >= 15 is 0 Å². The summed E-state index contributed by atoms with van der Waals surface area (Å²) in [6.07, 6.45) is 2.71. The molecule has 0 aromatic rings. The molecule has 0 aromatic heterocycles. The first-order chi connectivity index (χ1) is 9.27. The Hall–Kier alpha value is -1.58. The van der Waals surface area contributed by atoms with E-state index in [9.17, 15) is 9.59 Å². The van der Waals surface area contributed by atoms with E-state index in [1.165, 1.54) is 6.92 Å². The molecule has 4 heteroatoms. The highest BCUT2D eigenvalue weighted by molar-refractivity contribution is 5.78. The molecule has 2 unspecified atom stereocenters. The van der Waals surface area contributed by atoms with Crippen molar-refractivity contribution in [2.75, 3.05) is 6.61 Å². The molecule has 0 N–H and O–H groups in total. The summed E-state index contributed by atoms with van der Waals surface area (Å²) in [6, 6.07) is 0. The maximum Gasteiger partial charge on any atom is 0.315 e. The Kier molecular flexibility index (Phi) is 7.89. The second-order valence-corrected chi connectivity index (χ2v) is 5.22. The summed E-state index contributed by atoms with van der Waals surface area (Å²) in [5, 5.41) is 0. The first-order valence-electron chi connectivity index (χ1n) is 6.87. The molecule has 0 spiro atoms. The van der Waals surface area contributed by atoms with E-state index in [0.29, 0.717) is 25.9 Å². The number of allylic oxidation sites excluding steroid dienone is 2. The predicted octanol–water partition coefficient (Wildman–Crippen LogP) is 3.42. The molecule has 4 nitrogen and oxygen atoms in total. The molecule has 0 rings (SSSR count). The molecule has 0 aromatic carbocycles. The summed E-state index contributed by atoms with van der Waals surface area (Å²) in [4.78, 5) is 23.5. The monoisotopic (exact) mass is 282 g/mol. The van der Waals surface area contributed by atoms with Gasteiger partial charge in [-0.15, -0.1) is 13.2 Å². The standard InChI is InChI=1S/C16H26O4/c1-7-11-16(6,15(18)19-8-2)14(20-13(5)17)10-9-12(3)4/h7,14H,1,3,8-11H2,2,4-6H3. The van der Waals surface area contributed by atoms with Crippen molar-refractivity contribution in [3.63, 3.8) is 0 Å². The fourth-order valence-corrected chi connectivity index (χ4v) is 2.03. The third-order valence-electron chi connectivity index (χ3n) is 3.16. The smallest absolute Gasteiger partial charge is 0.315 e. The molecule has 0 aliphatic heterocycles. The average molecular weight is 282 g/mol. The molecule has 0 saturated heterocycles. The molecule has 0 saturated carbocycles. The summed E-state index contributed by atoms with van der Waals surface area (Å²) in [7, 11) is 0. The Morgan fingerprint density at radius 2 is 1.95 bits per heavy atom. The lowest BCUT2D eigenvalue weighted by molar-refractivity contribution is -0.171. The third-order valence-corrected chi connectivity index (χ3v) is 3.16. The normalized spacial score (nSPS) is 14.8. The maximum absolute atomic E-state index is 12.2. The Bertz CT molecular complexity index is 373. The fourth-order valence-electron chi connectivity index (χ4n) is 2.03. The van der Waals surface area contributed by atoms with Crippen LogP contribution in [0.15, 0.2) is 24.8 Å². The quantitative estimate of drug-likeness (QED) is 0.480. The van der Waals surface area contributed by atoms with Gasteiger partial charge in [0.2, 0.25) is 0 Å². The van der Waals surface area contributed by atoms with Crippen molar-refractivity contribution in [2.24, 2.45) is 5.41 Å². The Labute approximate surface area is 121 Å². The summed E-state index contributed by atoms with van der Waals surface area (Å²) >= 11 is 0. The zero-order valence-corrected chi connectivity index (χ0v) is 13.0. The van der Waals surface area contributed by atoms with Crippen molar-refractivity contribution >= 4 is 11.9 Å². The zero-order valence-electron chi connectivity index (χ0n) is 13.0. The highest BCUT2D eigenvalue weighted by Gasteiger charge is 2.43. The van der Waals surface area contributed by atoms with E-state index in [1.54, 1.807) is 19.9 Å². The van der Waals surface area contributed by atoms with Gasteiger partial charge in [-0.3, -0.25) is 9.59 Å². The van der Waals surface area contributed by atoms with E-state index in [2.05, 4.69) is 13.2 Å². The van der Waals surface area contributed by atoms with Gasteiger partial charge in [-0.25, -0.2) is 0 Å². The van der Waals surface area contributed by atoms with Gasteiger partial charge in [-0.1, -0.05) is 11.6 Å². The van der Waals surface area contributed by atoms with E-state index < -0.39 is 17.5 Å². The maximum atomic E-state index is 12.2. The predicted molar refractivity (Wildman–Crippen MR) is 79.2 cm³/mol. The van der Waals surface area contributed by atoms with Crippen LogP contribution in [0.1, 0.15) is 47.0 Å². The first kappa shape index (κ1) is 18.4. The molecule has 0 radical (unpaired) electrons. The molecule has 0 aliphatic rings. The summed E-state index contributed by atoms with van der Waals surface area (Å²) in [6.45, 7) is 14.6. The van der Waals surface area contributed by atoms with Crippen LogP contribution in [0.25, 0.3) is 0 Å². The Morgan fingerprint density at radius 1 is 1.35 bits per heavy atom. The number of esters is 2. The van der Waals surface area contributed by atoms with Gasteiger partial charge in [0, 0.05) is 6.92 Å². The number of rotatable bonds is 9. The van der Waals surface area contributed by atoms with E-state index in [0.717, 1.165) is 5.57 Å². The molecule has 0 heterocycles. The second-order valence-electron chi connectivity index (χ2n) is 5.22. The first-order valence-corrected chi connectivity index (χ1v) is 6.87. The van der Waals surface area contributed by atoms with E-state index in [4.69, 9.17) is 9.47 Å².